The van der Waals surface area contributed by atoms with E-state index in [1.165, 1.54) is 0 Å². The molecule has 0 saturated carbocycles. The van der Waals surface area contributed by atoms with Gasteiger partial charge in [-0.15, -0.1) is 0 Å². The maximum absolute atomic E-state index is 11.2. The van der Waals surface area contributed by atoms with E-state index >= 15 is 0 Å². The summed E-state index contributed by atoms with van der Waals surface area (Å²) in [7, 11) is 0. The van der Waals surface area contributed by atoms with E-state index in [9.17, 15) is 4.79 Å². The van der Waals surface area contributed by atoms with Crippen LogP contribution in [0.15, 0.2) is 47.8 Å². The minimum atomic E-state index is -0.0234. The van der Waals surface area contributed by atoms with Crippen molar-refractivity contribution in [2.75, 3.05) is 0 Å². The lowest BCUT2D eigenvalue weighted by atomic mass is 9.99. The normalized spacial score (nSPS) is 18.4. The van der Waals surface area contributed by atoms with Crippen LogP contribution in [-0.2, 0) is 4.79 Å². The van der Waals surface area contributed by atoms with Gasteiger partial charge in [-0.05, 0) is 30.7 Å². The van der Waals surface area contributed by atoms with Crippen molar-refractivity contribution in [1.82, 2.24) is 15.0 Å². The van der Waals surface area contributed by atoms with Crippen LogP contribution in [-0.4, -0.2) is 21.2 Å². The summed E-state index contributed by atoms with van der Waals surface area (Å²) in [5.41, 5.74) is 5.59. The van der Waals surface area contributed by atoms with Gasteiger partial charge in [0.1, 0.15) is 5.82 Å². The van der Waals surface area contributed by atoms with Gasteiger partial charge in [0.25, 0.3) is 0 Å². The van der Waals surface area contributed by atoms with Gasteiger partial charge < -0.3 is 4.57 Å². The van der Waals surface area contributed by atoms with Crippen molar-refractivity contribution >= 4 is 17.7 Å². The molecule has 22 heavy (non-hydrogen) atoms. The van der Waals surface area contributed by atoms with Crippen molar-refractivity contribution in [1.29, 1.82) is 0 Å². The van der Waals surface area contributed by atoms with E-state index in [1.54, 1.807) is 6.20 Å². The molecule has 1 unspecified atom stereocenters. The number of nitrogens with zero attached hydrogens (tertiary/aromatic N) is 3. The maximum Gasteiger partial charge on any atom is 0.240 e. The molecule has 5 nitrogen and oxygen atoms in total. The molecular weight excluding hydrogens is 276 g/mol. The van der Waals surface area contributed by atoms with Gasteiger partial charge in [-0.2, -0.15) is 5.10 Å². The second kappa shape index (κ2) is 5.97. The highest BCUT2D eigenvalue weighted by atomic mass is 16.2. The lowest BCUT2D eigenvalue weighted by Gasteiger charge is -2.16. The van der Waals surface area contributed by atoms with Gasteiger partial charge in [0.15, 0.2) is 0 Å². The third kappa shape index (κ3) is 2.98. The minimum Gasteiger partial charge on any atom is -0.304 e. The summed E-state index contributed by atoms with van der Waals surface area (Å²) >= 11 is 0. The number of carbonyl (C=O) groups is 1. The molecule has 1 aliphatic rings. The van der Waals surface area contributed by atoms with Crippen LogP contribution in [0.3, 0.4) is 0 Å². The number of allylic oxidation sites excluding steroid dienone is 1. The molecule has 1 aromatic heterocycles. The van der Waals surface area contributed by atoms with Crippen LogP contribution in [0.2, 0.25) is 0 Å². The number of hydrazone groups is 1. The summed E-state index contributed by atoms with van der Waals surface area (Å²) in [6.07, 6.45) is 8.20. The highest BCUT2D eigenvalue weighted by molar-refractivity contribution is 6.03. The summed E-state index contributed by atoms with van der Waals surface area (Å²) in [6.45, 7) is 3.98. The van der Waals surface area contributed by atoms with E-state index in [1.807, 2.05) is 36.8 Å². The van der Waals surface area contributed by atoms with E-state index in [0.717, 1.165) is 22.8 Å². The number of hydrogen-bond donors (Lipinski definition) is 1. The van der Waals surface area contributed by atoms with Crippen LogP contribution in [0.1, 0.15) is 24.7 Å². The van der Waals surface area contributed by atoms with Gasteiger partial charge in [-0.1, -0.05) is 25.1 Å². The summed E-state index contributed by atoms with van der Waals surface area (Å²) in [5, 5.41) is 4.09. The van der Waals surface area contributed by atoms with Crippen LogP contribution in [0.5, 0.6) is 0 Å². The van der Waals surface area contributed by atoms with Crippen LogP contribution in [0.25, 0.3) is 11.8 Å². The molecule has 1 aromatic carbocycles. The molecular formula is C17H18N4O. The van der Waals surface area contributed by atoms with Gasteiger partial charge >= 0.3 is 0 Å². The first-order valence-corrected chi connectivity index (χ1v) is 7.28. The van der Waals surface area contributed by atoms with E-state index in [-0.39, 0.29) is 11.8 Å². The van der Waals surface area contributed by atoms with Crippen molar-refractivity contribution < 1.29 is 4.79 Å². The Morgan fingerprint density at radius 3 is 2.68 bits per heavy atom. The fraction of sp³-hybridized carbons (Fsp3) is 0.235. The fourth-order valence-corrected chi connectivity index (χ4v) is 2.45. The van der Waals surface area contributed by atoms with E-state index in [4.69, 9.17) is 0 Å². The molecule has 0 saturated heterocycles. The zero-order valence-electron chi connectivity index (χ0n) is 12.7. The van der Waals surface area contributed by atoms with E-state index < -0.39 is 0 Å². The lowest BCUT2D eigenvalue weighted by Crippen LogP contribution is -2.30. The van der Waals surface area contributed by atoms with Gasteiger partial charge in [0.2, 0.25) is 5.91 Å². The van der Waals surface area contributed by atoms with Gasteiger partial charge in [-0.3, -0.25) is 4.79 Å². The molecule has 0 spiro atoms. The number of rotatable bonds is 3. The molecule has 0 aliphatic carbocycles. The Morgan fingerprint density at radius 2 is 2.05 bits per heavy atom. The fourth-order valence-electron chi connectivity index (χ4n) is 2.45. The lowest BCUT2D eigenvalue weighted by molar-refractivity contribution is -0.121. The zero-order chi connectivity index (χ0) is 15.5. The van der Waals surface area contributed by atoms with Crippen molar-refractivity contribution in [3.05, 3.63) is 54.1 Å². The quantitative estimate of drug-likeness (QED) is 0.946. The Bertz CT molecular complexity index is 740. The molecule has 2 aromatic rings. The molecule has 1 N–H and O–H groups in total. The largest absolute Gasteiger partial charge is 0.304 e. The van der Waals surface area contributed by atoms with Crippen molar-refractivity contribution in [2.24, 2.45) is 11.0 Å². The van der Waals surface area contributed by atoms with Crippen molar-refractivity contribution in [3.8, 4) is 5.69 Å². The highest BCUT2D eigenvalue weighted by Gasteiger charge is 2.17. The molecule has 3 rings (SSSR count). The Hall–Kier alpha value is -2.69. The second-order valence-corrected chi connectivity index (χ2v) is 5.45. The number of aryl methyl sites for hydroxylation is 1. The monoisotopic (exact) mass is 294 g/mol. The average Bonchev–Trinajstić information content (AvgIpc) is 2.93. The highest BCUT2D eigenvalue weighted by Crippen LogP contribution is 2.15. The van der Waals surface area contributed by atoms with Gasteiger partial charge in [-0.25, -0.2) is 10.4 Å². The molecule has 1 atom stereocenters. The SMILES string of the molecule is Cc1nccn1-c1ccc(C=CC2=NNC(=O)CC2C)cc1. The number of nitrogens with one attached hydrogen (secondary N) is 1. The number of aromatic nitrogens is 2. The smallest absolute Gasteiger partial charge is 0.240 e. The standard InChI is InChI=1S/C17H18N4O/c1-12-11-17(22)20-19-16(12)8-5-14-3-6-15(7-4-14)21-10-9-18-13(21)2/h3-10,12H,11H2,1-2H3,(H,20,22). The van der Waals surface area contributed by atoms with Gasteiger partial charge in [0.05, 0.1) is 5.71 Å². The Labute approximate surface area is 129 Å². The first-order valence-electron chi connectivity index (χ1n) is 7.28. The van der Waals surface area contributed by atoms with Crippen LogP contribution >= 0.6 is 0 Å². The van der Waals surface area contributed by atoms with Crippen LogP contribution in [0.4, 0.5) is 0 Å². The van der Waals surface area contributed by atoms with E-state index in [2.05, 4.69) is 39.8 Å². The van der Waals surface area contributed by atoms with Crippen LogP contribution in [0, 0.1) is 12.8 Å². The molecule has 0 bridgehead atoms. The molecule has 112 valence electrons. The Morgan fingerprint density at radius 1 is 1.27 bits per heavy atom. The topological polar surface area (TPSA) is 59.3 Å². The molecule has 2 heterocycles. The number of amides is 1. The first kappa shape index (κ1) is 14.3. The summed E-state index contributed by atoms with van der Waals surface area (Å²) in [5.74, 6) is 1.09. The summed E-state index contributed by atoms with van der Waals surface area (Å²) < 4.78 is 2.04. The van der Waals surface area contributed by atoms with E-state index in [0.29, 0.717) is 6.42 Å². The second-order valence-electron chi connectivity index (χ2n) is 5.45. The minimum absolute atomic E-state index is 0.0234. The predicted octanol–water partition coefficient (Wildman–Crippen LogP) is 2.71. The molecule has 5 heteroatoms. The van der Waals surface area contributed by atoms with Gasteiger partial charge in [0, 0.05) is 30.4 Å². The number of benzene rings is 1. The number of imidazole rings is 1. The molecule has 0 radical (unpaired) electrons. The Kier molecular flexibility index (Phi) is 3.87. The average molecular weight is 294 g/mol. The van der Waals surface area contributed by atoms with Crippen LogP contribution < -0.4 is 5.43 Å². The summed E-state index contributed by atoms with van der Waals surface area (Å²) in [6, 6.07) is 8.22. The number of hydrogen-bond acceptors (Lipinski definition) is 3. The van der Waals surface area contributed by atoms with Crippen molar-refractivity contribution in [2.45, 2.75) is 20.3 Å². The zero-order valence-corrected chi connectivity index (χ0v) is 12.7. The number of carbonyl (C=O) groups excluding carboxylic acids is 1. The molecule has 1 amide bonds. The maximum atomic E-state index is 11.2. The third-order valence-electron chi connectivity index (χ3n) is 3.75. The van der Waals surface area contributed by atoms with Crippen molar-refractivity contribution in [3.63, 3.8) is 0 Å². The third-order valence-corrected chi connectivity index (χ3v) is 3.75. The molecule has 0 fully saturated rings. The Balaban J connectivity index is 1.75. The predicted molar refractivity (Wildman–Crippen MR) is 86.7 cm³/mol. The summed E-state index contributed by atoms with van der Waals surface area (Å²) in [4.78, 5) is 15.4. The first-order chi connectivity index (χ1) is 10.6. The molecule has 1 aliphatic heterocycles.